The van der Waals surface area contributed by atoms with Crippen LogP contribution >= 0.6 is 0 Å². The van der Waals surface area contributed by atoms with Crippen LogP contribution in [0.3, 0.4) is 0 Å². The van der Waals surface area contributed by atoms with E-state index in [9.17, 15) is 0 Å². The summed E-state index contributed by atoms with van der Waals surface area (Å²) in [7, 11) is 0. The van der Waals surface area contributed by atoms with Crippen LogP contribution in [-0.4, -0.2) is 23.2 Å². The van der Waals surface area contributed by atoms with Crippen molar-refractivity contribution in [2.75, 3.05) is 13.2 Å². The Bertz CT molecular complexity index is 397. The van der Waals surface area contributed by atoms with Gasteiger partial charge < -0.3 is 9.72 Å². The predicted octanol–water partition coefficient (Wildman–Crippen LogP) is 2.60. The lowest BCUT2D eigenvalue weighted by Gasteiger charge is -2.03. The van der Waals surface area contributed by atoms with Gasteiger partial charge in [-0.3, -0.25) is 0 Å². The molecule has 0 spiro atoms. The summed E-state index contributed by atoms with van der Waals surface area (Å²) in [6.45, 7) is 1.58. The molecule has 17 heavy (non-hydrogen) atoms. The van der Waals surface area contributed by atoms with Crippen LogP contribution in [0.5, 0.6) is 0 Å². The van der Waals surface area contributed by atoms with Gasteiger partial charge in [0.25, 0.3) is 0 Å². The molecule has 0 atom stereocenters. The molecular weight excluding hydrogens is 212 g/mol. The highest BCUT2D eigenvalue weighted by molar-refractivity contribution is 5.14. The molecule has 0 saturated heterocycles. The van der Waals surface area contributed by atoms with Crippen LogP contribution in [0.15, 0.2) is 42.9 Å². The second-order valence-electron chi connectivity index (χ2n) is 4.03. The number of aromatic amines is 1. The van der Waals surface area contributed by atoms with E-state index in [-0.39, 0.29) is 0 Å². The van der Waals surface area contributed by atoms with Crippen molar-refractivity contribution in [1.29, 1.82) is 0 Å². The molecule has 1 N–H and O–H groups in total. The Morgan fingerprint density at radius 2 is 1.94 bits per heavy atom. The van der Waals surface area contributed by atoms with Crippen molar-refractivity contribution in [3.05, 3.63) is 54.1 Å². The number of H-pyrrole nitrogens is 1. The fourth-order valence-electron chi connectivity index (χ4n) is 1.73. The Morgan fingerprint density at radius 3 is 2.71 bits per heavy atom. The second kappa shape index (κ2) is 6.86. The fraction of sp³-hybridized carbons (Fsp3) is 0.357. The number of nitrogens with one attached hydrogen (secondary N) is 1. The lowest BCUT2D eigenvalue weighted by molar-refractivity contribution is 0.134. The first-order valence-corrected chi connectivity index (χ1v) is 6.04. The number of benzene rings is 1. The first-order chi connectivity index (χ1) is 8.45. The van der Waals surface area contributed by atoms with Crippen molar-refractivity contribution in [2.24, 2.45) is 0 Å². The van der Waals surface area contributed by atoms with Crippen molar-refractivity contribution < 1.29 is 4.74 Å². The van der Waals surface area contributed by atoms with Crippen molar-refractivity contribution in [1.82, 2.24) is 9.97 Å². The third kappa shape index (κ3) is 4.41. The zero-order chi connectivity index (χ0) is 11.8. The van der Waals surface area contributed by atoms with Gasteiger partial charge in [0.2, 0.25) is 0 Å². The summed E-state index contributed by atoms with van der Waals surface area (Å²) in [6.07, 6.45) is 6.61. The molecule has 90 valence electrons. The molecule has 0 bridgehead atoms. The Labute approximate surface area is 102 Å². The minimum atomic E-state index is 0.761. The average Bonchev–Trinajstić information content (AvgIpc) is 2.88. The first-order valence-electron chi connectivity index (χ1n) is 6.04. The van der Waals surface area contributed by atoms with E-state index in [1.54, 1.807) is 6.33 Å². The molecule has 0 amide bonds. The van der Waals surface area contributed by atoms with Crippen LogP contribution in [-0.2, 0) is 17.6 Å². The second-order valence-corrected chi connectivity index (χ2v) is 4.03. The smallest absolute Gasteiger partial charge is 0.0921 e. The summed E-state index contributed by atoms with van der Waals surface area (Å²) in [5, 5.41) is 0. The Hall–Kier alpha value is -1.61. The SMILES string of the molecule is c1ccc(CCCOCCc2cnc[nH]2)cc1. The molecule has 1 aromatic carbocycles. The largest absolute Gasteiger partial charge is 0.381 e. The van der Waals surface area contributed by atoms with E-state index in [2.05, 4.69) is 34.2 Å². The monoisotopic (exact) mass is 230 g/mol. The molecule has 2 rings (SSSR count). The van der Waals surface area contributed by atoms with Crippen molar-refractivity contribution >= 4 is 0 Å². The van der Waals surface area contributed by atoms with Gasteiger partial charge in [0, 0.05) is 24.9 Å². The normalized spacial score (nSPS) is 10.6. The number of aromatic nitrogens is 2. The topological polar surface area (TPSA) is 37.9 Å². The van der Waals surface area contributed by atoms with E-state index in [1.165, 1.54) is 5.56 Å². The van der Waals surface area contributed by atoms with E-state index in [4.69, 9.17) is 4.74 Å². The Balaban J connectivity index is 1.52. The number of nitrogens with zero attached hydrogens (tertiary/aromatic N) is 1. The molecule has 0 aliphatic carbocycles. The van der Waals surface area contributed by atoms with Gasteiger partial charge in [0.05, 0.1) is 12.9 Å². The van der Waals surface area contributed by atoms with Crippen LogP contribution in [0.25, 0.3) is 0 Å². The van der Waals surface area contributed by atoms with Gasteiger partial charge in [-0.1, -0.05) is 30.3 Å². The first kappa shape index (κ1) is 11.9. The molecule has 3 nitrogen and oxygen atoms in total. The standard InChI is InChI=1S/C14H18N2O/c1-2-5-13(6-3-1)7-4-9-17-10-8-14-11-15-12-16-14/h1-3,5-6,11-12H,4,7-10H2,(H,15,16). The zero-order valence-corrected chi connectivity index (χ0v) is 9.93. The highest BCUT2D eigenvalue weighted by Crippen LogP contribution is 2.02. The summed E-state index contributed by atoms with van der Waals surface area (Å²) in [6, 6.07) is 10.5. The molecule has 0 unspecified atom stereocenters. The highest BCUT2D eigenvalue weighted by Gasteiger charge is 1.95. The summed E-state index contributed by atoms with van der Waals surface area (Å²) in [4.78, 5) is 7.03. The van der Waals surface area contributed by atoms with Crippen molar-refractivity contribution in [3.63, 3.8) is 0 Å². The van der Waals surface area contributed by atoms with Gasteiger partial charge in [-0.2, -0.15) is 0 Å². The molecule has 0 saturated carbocycles. The zero-order valence-electron chi connectivity index (χ0n) is 9.93. The number of hydrogen-bond donors (Lipinski definition) is 1. The number of aryl methyl sites for hydroxylation is 1. The van der Waals surface area contributed by atoms with E-state index < -0.39 is 0 Å². The highest BCUT2D eigenvalue weighted by atomic mass is 16.5. The summed E-state index contributed by atoms with van der Waals surface area (Å²) in [5.41, 5.74) is 2.51. The number of hydrogen-bond acceptors (Lipinski definition) is 2. The van der Waals surface area contributed by atoms with Crippen molar-refractivity contribution in [3.8, 4) is 0 Å². The molecule has 0 aliphatic heterocycles. The van der Waals surface area contributed by atoms with Crippen LogP contribution in [0.2, 0.25) is 0 Å². The fourth-order valence-corrected chi connectivity index (χ4v) is 1.73. The molecule has 0 radical (unpaired) electrons. The van der Waals surface area contributed by atoms with Crippen LogP contribution in [0.1, 0.15) is 17.7 Å². The molecule has 0 aliphatic rings. The molecule has 2 aromatic rings. The third-order valence-electron chi connectivity index (χ3n) is 2.67. The Morgan fingerprint density at radius 1 is 1.06 bits per heavy atom. The van der Waals surface area contributed by atoms with E-state index in [0.29, 0.717) is 0 Å². The van der Waals surface area contributed by atoms with E-state index in [0.717, 1.165) is 38.2 Å². The van der Waals surface area contributed by atoms with Gasteiger partial charge in [-0.05, 0) is 18.4 Å². The predicted molar refractivity (Wildman–Crippen MR) is 67.9 cm³/mol. The van der Waals surface area contributed by atoms with E-state index in [1.807, 2.05) is 12.3 Å². The van der Waals surface area contributed by atoms with E-state index >= 15 is 0 Å². The minimum absolute atomic E-state index is 0.761. The molecular formula is C14H18N2O. The van der Waals surface area contributed by atoms with Crippen LogP contribution in [0, 0.1) is 0 Å². The van der Waals surface area contributed by atoms with Gasteiger partial charge in [-0.25, -0.2) is 4.98 Å². The summed E-state index contributed by atoms with van der Waals surface area (Å²) in [5.74, 6) is 0. The van der Waals surface area contributed by atoms with Gasteiger partial charge in [0.1, 0.15) is 0 Å². The molecule has 1 heterocycles. The lowest BCUT2D eigenvalue weighted by atomic mass is 10.1. The summed E-state index contributed by atoms with van der Waals surface area (Å²) < 4.78 is 5.58. The minimum Gasteiger partial charge on any atom is -0.381 e. The molecule has 1 aromatic heterocycles. The maximum absolute atomic E-state index is 5.58. The van der Waals surface area contributed by atoms with Gasteiger partial charge >= 0.3 is 0 Å². The third-order valence-corrected chi connectivity index (χ3v) is 2.67. The van der Waals surface area contributed by atoms with Crippen LogP contribution < -0.4 is 0 Å². The maximum Gasteiger partial charge on any atom is 0.0921 e. The Kier molecular flexibility index (Phi) is 4.79. The van der Waals surface area contributed by atoms with Gasteiger partial charge in [-0.15, -0.1) is 0 Å². The van der Waals surface area contributed by atoms with Crippen LogP contribution in [0.4, 0.5) is 0 Å². The number of imidazole rings is 1. The maximum atomic E-state index is 5.58. The molecule has 3 heteroatoms. The number of rotatable bonds is 7. The number of ether oxygens (including phenoxy) is 1. The summed E-state index contributed by atoms with van der Waals surface area (Å²) >= 11 is 0. The van der Waals surface area contributed by atoms with Crippen molar-refractivity contribution in [2.45, 2.75) is 19.3 Å². The quantitative estimate of drug-likeness (QED) is 0.742. The average molecular weight is 230 g/mol. The van der Waals surface area contributed by atoms with Gasteiger partial charge in [0.15, 0.2) is 0 Å². The lowest BCUT2D eigenvalue weighted by Crippen LogP contribution is -2.01. The molecule has 0 fully saturated rings.